The Labute approximate surface area is 210 Å². The summed E-state index contributed by atoms with van der Waals surface area (Å²) in [7, 11) is 0. The van der Waals surface area contributed by atoms with E-state index in [1.807, 2.05) is 47.3 Å². The number of nitrogens with zero attached hydrogens (tertiary/aromatic N) is 4. The molecular weight excluding hydrogens is 452 g/mol. The summed E-state index contributed by atoms with van der Waals surface area (Å²) in [4.78, 5) is 28.4. The lowest BCUT2D eigenvalue weighted by atomic mass is 9.90. The number of carbonyl (C=O) groups is 2. The van der Waals surface area contributed by atoms with E-state index in [1.165, 1.54) is 0 Å². The van der Waals surface area contributed by atoms with E-state index < -0.39 is 11.8 Å². The molecule has 0 fully saturated rings. The van der Waals surface area contributed by atoms with Gasteiger partial charge in [-0.3, -0.25) is 19.3 Å². The van der Waals surface area contributed by atoms with E-state index in [4.69, 9.17) is 11.5 Å². The molecule has 0 bridgehead atoms. The molecule has 0 saturated heterocycles. The van der Waals surface area contributed by atoms with Gasteiger partial charge in [-0.1, -0.05) is 60.9 Å². The van der Waals surface area contributed by atoms with E-state index in [0.29, 0.717) is 22.3 Å². The van der Waals surface area contributed by atoms with Crippen molar-refractivity contribution < 1.29 is 9.59 Å². The first-order valence-corrected chi connectivity index (χ1v) is 12.2. The molecule has 0 saturated carbocycles. The Morgan fingerprint density at radius 2 is 1.58 bits per heavy atom. The SMILES string of the molecule is NC(=O)c1ccccc1-c1cccc(CCCCCCCn2cc(-c3cccnc3)nn2)c1C(N)=O. The second-order valence-electron chi connectivity index (χ2n) is 8.74. The molecule has 4 rings (SSSR count). The minimum absolute atomic E-state index is 0.372. The van der Waals surface area contributed by atoms with Gasteiger partial charge in [-0.05, 0) is 54.2 Å². The fraction of sp³-hybridized carbons (Fsp3) is 0.250. The summed E-state index contributed by atoms with van der Waals surface area (Å²) in [5, 5.41) is 8.43. The van der Waals surface area contributed by atoms with Crippen LogP contribution in [0, 0.1) is 0 Å². The van der Waals surface area contributed by atoms with Crippen molar-refractivity contribution in [1.82, 2.24) is 20.0 Å². The van der Waals surface area contributed by atoms with Crippen LogP contribution in [0.5, 0.6) is 0 Å². The summed E-state index contributed by atoms with van der Waals surface area (Å²) in [6.45, 7) is 0.820. The Bertz CT molecular complexity index is 1330. The Morgan fingerprint density at radius 3 is 2.36 bits per heavy atom. The van der Waals surface area contributed by atoms with Gasteiger partial charge < -0.3 is 11.5 Å². The van der Waals surface area contributed by atoms with Crippen molar-refractivity contribution in [3.8, 4) is 22.4 Å². The normalized spacial score (nSPS) is 10.9. The lowest BCUT2D eigenvalue weighted by Gasteiger charge is -2.14. The van der Waals surface area contributed by atoms with E-state index in [1.54, 1.807) is 30.6 Å². The topological polar surface area (TPSA) is 130 Å². The van der Waals surface area contributed by atoms with Gasteiger partial charge in [0, 0.05) is 30.1 Å². The number of hydrogen-bond donors (Lipinski definition) is 2. The average Bonchev–Trinajstić information content (AvgIpc) is 3.37. The van der Waals surface area contributed by atoms with Crippen molar-refractivity contribution in [1.29, 1.82) is 0 Å². The van der Waals surface area contributed by atoms with Crippen molar-refractivity contribution >= 4 is 11.8 Å². The highest BCUT2D eigenvalue weighted by molar-refractivity contribution is 6.06. The minimum Gasteiger partial charge on any atom is -0.366 e. The maximum Gasteiger partial charge on any atom is 0.249 e. The molecule has 2 aromatic heterocycles. The van der Waals surface area contributed by atoms with Gasteiger partial charge in [-0.2, -0.15) is 0 Å². The molecule has 2 amide bonds. The van der Waals surface area contributed by atoms with Crippen molar-refractivity contribution in [2.45, 2.75) is 45.1 Å². The fourth-order valence-corrected chi connectivity index (χ4v) is 4.43. The molecule has 2 aromatic carbocycles. The summed E-state index contributed by atoms with van der Waals surface area (Å²) >= 11 is 0. The van der Waals surface area contributed by atoms with Gasteiger partial charge in [0.2, 0.25) is 11.8 Å². The highest BCUT2D eigenvalue weighted by atomic mass is 16.1. The molecule has 0 aliphatic carbocycles. The summed E-state index contributed by atoms with van der Waals surface area (Å²) in [5.74, 6) is -1.04. The second kappa shape index (κ2) is 11.9. The summed E-state index contributed by atoms with van der Waals surface area (Å²) < 4.78 is 1.87. The van der Waals surface area contributed by atoms with Crippen LogP contribution in [-0.2, 0) is 13.0 Å². The van der Waals surface area contributed by atoms with Crippen LogP contribution in [0.25, 0.3) is 22.4 Å². The maximum atomic E-state index is 12.4. The maximum absolute atomic E-state index is 12.4. The van der Waals surface area contributed by atoms with Crippen LogP contribution in [-0.4, -0.2) is 31.8 Å². The molecule has 36 heavy (non-hydrogen) atoms. The van der Waals surface area contributed by atoms with Crippen molar-refractivity contribution in [3.05, 3.63) is 89.9 Å². The van der Waals surface area contributed by atoms with Crippen LogP contribution < -0.4 is 11.5 Å². The van der Waals surface area contributed by atoms with Crippen molar-refractivity contribution in [2.24, 2.45) is 11.5 Å². The van der Waals surface area contributed by atoms with Gasteiger partial charge in [-0.25, -0.2) is 0 Å². The smallest absolute Gasteiger partial charge is 0.249 e. The highest BCUT2D eigenvalue weighted by Gasteiger charge is 2.18. The Morgan fingerprint density at radius 1 is 0.806 bits per heavy atom. The third kappa shape index (κ3) is 6.02. The molecule has 0 aliphatic heterocycles. The van der Waals surface area contributed by atoms with E-state index in [0.717, 1.165) is 61.9 Å². The number of carbonyl (C=O) groups excluding carboxylic acids is 2. The number of nitrogens with two attached hydrogens (primary N) is 2. The number of amides is 2. The van der Waals surface area contributed by atoms with Crippen LogP contribution in [0.4, 0.5) is 0 Å². The largest absolute Gasteiger partial charge is 0.366 e. The Hall–Kier alpha value is -4.33. The first-order valence-electron chi connectivity index (χ1n) is 12.2. The molecule has 0 aliphatic rings. The van der Waals surface area contributed by atoms with Gasteiger partial charge in [-0.15, -0.1) is 5.10 Å². The van der Waals surface area contributed by atoms with E-state index in [9.17, 15) is 9.59 Å². The first kappa shape index (κ1) is 24.8. The Kier molecular flexibility index (Phi) is 8.18. The molecular formula is C28H30N6O2. The zero-order chi connectivity index (χ0) is 25.3. The number of rotatable bonds is 12. The molecule has 0 radical (unpaired) electrons. The molecule has 0 atom stereocenters. The van der Waals surface area contributed by atoms with Crippen molar-refractivity contribution in [2.75, 3.05) is 0 Å². The van der Waals surface area contributed by atoms with Gasteiger partial charge in [0.15, 0.2) is 0 Å². The summed E-state index contributed by atoms with van der Waals surface area (Å²) in [5.41, 5.74) is 16.1. The molecule has 4 aromatic rings. The quantitative estimate of drug-likeness (QED) is 0.289. The van der Waals surface area contributed by atoms with Crippen LogP contribution >= 0.6 is 0 Å². The van der Waals surface area contributed by atoms with Gasteiger partial charge in [0.25, 0.3) is 0 Å². The van der Waals surface area contributed by atoms with Crippen molar-refractivity contribution in [3.63, 3.8) is 0 Å². The zero-order valence-electron chi connectivity index (χ0n) is 20.1. The van der Waals surface area contributed by atoms with Crippen LogP contribution in [0.2, 0.25) is 0 Å². The predicted molar refractivity (Wildman–Crippen MR) is 139 cm³/mol. The first-order chi connectivity index (χ1) is 17.5. The number of primary amides is 2. The summed E-state index contributed by atoms with van der Waals surface area (Å²) in [6, 6.07) is 16.5. The summed E-state index contributed by atoms with van der Waals surface area (Å²) in [6.07, 6.45) is 11.4. The van der Waals surface area contributed by atoms with Gasteiger partial charge >= 0.3 is 0 Å². The molecule has 2 heterocycles. The molecule has 4 N–H and O–H groups in total. The Balaban J connectivity index is 1.29. The standard InChI is InChI=1S/C28H30N6O2/c29-27(35)24-14-6-5-13-22(24)23-15-8-11-20(26(23)28(30)36)10-4-2-1-3-7-17-34-19-25(32-33-34)21-12-9-16-31-18-21/h5-6,8-9,11-16,18-19H,1-4,7,10,17H2,(H2,29,35)(H2,30,36). The monoisotopic (exact) mass is 482 g/mol. The van der Waals surface area contributed by atoms with Crippen LogP contribution in [0.3, 0.4) is 0 Å². The average molecular weight is 483 g/mol. The number of aromatic nitrogens is 4. The molecule has 8 heteroatoms. The van der Waals surface area contributed by atoms with Gasteiger partial charge in [0.05, 0.1) is 11.8 Å². The fourth-order valence-electron chi connectivity index (χ4n) is 4.43. The minimum atomic E-state index is -0.536. The number of pyridine rings is 1. The van der Waals surface area contributed by atoms with Crippen LogP contribution in [0.15, 0.2) is 73.2 Å². The van der Waals surface area contributed by atoms with E-state index in [2.05, 4.69) is 15.3 Å². The molecule has 184 valence electrons. The zero-order valence-corrected chi connectivity index (χ0v) is 20.1. The molecule has 0 spiro atoms. The lowest BCUT2D eigenvalue weighted by Crippen LogP contribution is -2.17. The molecule has 8 nitrogen and oxygen atoms in total. The van der Waals surface area contributed by atoms with E-state index in [-0.39, 0.29) is 0 Å². The van der Waals surface area contributed by atoms with Gasteiger partial charge in [0.1, 0.15) is 5.69 Å². The number of unbranched alkanes of at least 4 members (excludes halogenated alkanes) is 4. The number of benzene rings is 2. The highest BCUT2D eigenvalue weighted by Crippen LogP contribution is 2.30. The molecule has 0 unspecified atom stereocenters. The van der Waals surface area contributed by atoms with Crippen LogP contribution in [0.1, 0.15) is 58.4 Å². The van der Waals surface area contributed by atoms with E-state index >= 15 is 0 Å². The third-order valence-electron chi connectivity index (χ3n) is 6.21. The lowest BCUT2D eigenvalue weighted by molar-refractivity contribution is 0.0990. The predicted octanol–water partition coefficient (Wildman–Crippen LogP) is 4.40. The number of hydrogen-bond acceptors (Lipinski definition) is 5. The second-order valence-corrected chi connectivity index (χ2v) is 8.74. The third-order valence-corrected chi connectivity index (χ3v) is 6.21. The number of aryl methyl sites for hydroxylation is 2.